The maximum absolute atomic E-state index is 5.66. The molecule has 5 nitrogen and oxygen atoms in total. The van der Waals surface area contributed by atoms with Gasteiger partial charge < -0.3 is 20.1 Å². The minimum atomic E-state index is -0.0687. The van der Waals surface area contributed by atoms with Gasteiger partial charge in [-0.25, -0.2) is 0 Å². The fraction of sp³-hybridized carbons (Fsp3) is 0.632. The third kappa shape index (κ3) is 7.01. The Morgan fingerprint density at radius 3 is 2.80 bits per heavy atom. The summed E-state index contributed by atoms with van der Waals surface area (Å²) in [5.41, 5.74) is 1.15. The van der Waals surface area contributed by atoms with E-state index < -0.39 is 0 Å². The molecular weight excluding hydrogens is 429 g/mol. The Hall–Kier alpha value is -1.02. The Kier molecular flexibility index (Phi) is 9.56. The summed E-state index contributed by atoms with van der Waals surface area (Å²) in [6.45, 7) is 9.71. The van der Waals surface area contributed by atoms with Gasteiger partial charge in [0.1, 0.15) is 5.75 Å². The molecule has 0 aromatic heterocycles. The van der Waals surface area contributed by atoms with E-state index >= 15 is 0 Å². The van der Waals surface area contributed by atoms with Crippen LogP contribution in [0.1, 0.15) is 39.2 Å². The highest BCUT2D eigenvalue weighted by atomic mass is 127. The molecule has 1 aliphatic heterocycles. The van der Waals surface area contributed by atoms with E-state index in [1.165, 1.54) is 5.56 Å². The molecule has 0 bridgehead atoms. The number of ether oxygens (including phenoxy) is 2. The van der Waals surface area contributed by atoms with Crippen LogP contribution in [0.25, 0.3) is 0 Å². The average molecular weight is 461 g/mol. The van der Waals surface area contributed by atoms with Gasteiger partial charge in [0.25, 0.3) is 0 Å². The van der Waals surface area contributed by atoms with Crippen LogP contribution in [-0.4, -0.2) is 45.4 Å². The van der Waals surface area contributed by atoms with Gasteiger partial charge in [-0.3, -0.25) is 4.99 Å². The molecule has 142 valence electrons. The Morgan fingerprint density at radius 1 is 1.36 bits per heavy atom. The number of rotatable bonds is 7. The number of nitrogens with zero attached hydrogens (tertiary/aromatic N) is 1. The molecule has 2 rings (SSSR count). The van der Waals surface area contributed by atoms with Crippen molar-refractivity contribution in [1.82, 2.24) is 10.6 Å². The van der Waals surface area contributed by atoms with E-state index in [1.807, 2.05) is 12.1 Å². The molecule has 0 saturated carbocycles. The van der Waals surface area contributed by atoms with Crippen LogP contribution in [-0.2, 0) is 10.2 Å². The Balaban J connectivity index is 0.00000312. The van der Waals surface area contributed by atoms with Gasteiger partial charge >= 0.3 is 0 Å². The largest absolute Gasteiger partial charge is 0.497 e. The fourth-order valence-electron chi connectivity index (χ4n) is 2.77. The second kappa shape index (κ2) is 10.9. The predicted octanol–water partition coefficient (Wildman–Crippen LogP) is 3.32. The zero-order valence-corrected chi connectivity index (χ0v) is 18.1. The van der Waals surface area contributed by atoms with Crippen molar-refractivity contribution in [3.05, 3.63) is 29.8 Å². The van der Waals surface area contributed by atoms with Crippen molar-refractivity contribution in [3.8, 4) is 5.75 Å². The molecule has 1 saturated heterocycles. The van der Waals surface area contributed by atoms with Crippen molar-refractivity contribution in [2.75, 3.05) is 33.4 Å². The molecule has 25 heavy (non-hydrogen) atoms. The molecule has 6 heteroatoms. The third-order valence-electron chi connectivity index (χ3n) is 4.35. The van der Waals surface area contributed by atoms with E-state index in [-0.39, 0.29) is 29.4 Å². The van der Waals surface area contributed by atoms with Gasteiger partial charge in [0.15, 0.2) is 5.96 Å². The molecule has 1 heterocycles. The summed E-state index contributed by atoms with van der Waals surface area (Å²) in [5.74, 6) is 1.73. The normalized spacial score (nSPS) is 17.8. The first-order chi connectivity index (χ1) is 11.5. The van der Waals surface area contributed by atoms with Gasteiger partial charge in [-0.2, -0.15) is 0 Å². The van der Waals surface area contributed by atoms with Gasteiger partial charge in [-0.1, -0.05) is 26.0 Å². The molecule has 1 aromatic rings. The lowest BCUT2D eigenvalue weighted by Crippen LogP contribution is -2.41. The zero-order chi connectivity index (χ0) is 17.4. The third-order valence-corrected chi connectivity index (χ3v) is 4.35. The van der Waals surface area contributed by atoms with E-state index in [4.69, 9.17) is 14.5 Å². The smallest absolute Gasteiger partial charge is 0.191 e. The molecule has 1 fully saturated rings. The van der Waals surface area contributed by atoms with Gasteiger partial charge in [-0.05, 0) is 37.5 Å². The monoisotopic (exact) mass is 461 g/mol. The summed E-state index contributed by atoms with van der Waals surface area (Å²) < 4.78 is 11.0. The quantitative estimate of drug-likeness (QED) is 0.372. The van der Waals surface area contributed by atoms with E-state index in [2.05, 4.69) is 43.5 Å². The number of guanidine groups is 1. The highest BCUT2D eigenvalue weighted by Gasteiger charge is 2.21. The first-order valence-electron chi connectivity index (χ1n) is 8.83. The topological polar surface area (TPSA) is 54.9 Å². The van der Waals surface area contributed by atoms with E-state index in [9.17, 15) is 0 Å². The number of hydrogen-bond donors (Lipinski definition) is 2. The number of methoxy groups -OCH3 is 1. The lowest BCUT2D eigenvalue weighted by atomic mass is 9.85. The van der Waals surface area contributed by atoms with Gasteiger partial charge in [0, 0.05) is 25.1 Å². The van der Waals surface area contributed by atoms with Crippen molar-refractivity contribution in [1.29, 1.82) is 0 Å². The van der Waals surface area contributed by atoms with Gasteiger partial charge in [-0.15, -0.1) is 24.0 Å². The van der Waals surface area contributed by atoms with Crippen molar-refractivity contribution in [2.45, 2.75) is 45.1 Å². The molecule has 1 unspecified atom stereocenters. The second-order valence-electron chi connectivity index (χ2n) is 6.83. The highest BCUT2D eigenvalue weighted by Crippen LogP contribution is 2.26. The Bertz CT molecular complexity index is 543. The van der Waals surface area contributed by atoms with Gasteiger partial charge in [0.05, 0.1) is 19.8 Å². The van der Waals surface area contributed by atoms with Crippen LogP contribution in [0.5, 0.6) is 5.75 Å². The average Bonchev–Trinajstić information content (AvgIpc) is 3.11. The summed E-state index contributed by atoms with van der Waals surface area (Å²) in [6.07, 6.45) is 2.59. The van der Waals surface area contributed by atoms with Crippen molar-refractivity contribution < 1.29 is 9.47 Å². The first kappa shape index (κ1) is 22.0. The minimum Gasteiger partial charge on any atom is -0.497 e. The molecular formula is C19H32IN3O2. The molecule has 0 amide bonds. The van der Waals surface area contributed by atoms with Crippen LogP contribution in [0.2, 0.25) is 0 Å². The number of halogens is 1. The SMILES string of the molecule is CCNC(=NCC(C)(C)c1cccc(OC)c1)NCC1CCCO1.I. The van der Waals surface area contributed by atoms with Crippen molar-refractivity contribution >= 4 is 29.9 Å². The van der Waals surface area contributed by atoms with Crippen LogP contribution in [0.15, 0.2) is 29.3 Å². The van der Waals surface area contributed by atoms with Crippen LogP contribution in [0, 0.1) is 0 Å². The van der Waals surface area contributed by atoms with Gasteiger partial charge in [0.2, 0.25) is 0 Å². The Morgan fingerprint density at radius 2 is 2.16 bits per heavy atom. The number of aliphatic imine (C=N–C) groups is 1. The number of benzene rings is 1. The Labute approximate surface area is 169 Å². The molecule has 1 aliphatic rings. The minimum absolute atomic E-state index is 0. The summed E-state index contributed by atoms with van der Waals surface area (Å²) in [6, 6.07) is 8.21. The highest BCUT2D eigenvalue weighted by molar-refractivity contribution is 14.0. The molecule has 1 aromatic carbocycles. The summed E-state index contributed by atoms with van der Waals surface area (Å²) >= 11 is 0. The van der Waals surface area contributed by atoms with Crippen LogP contribution >= 0.6 is 24.0 Å². The molecule has 0 spiro atoms. The molecule has 0 radical (unpaired) electrons. The fourth-order valence-corrected chi connectivity index (χ4v) is 2.77. The molecule has 0 aliphatic carbocycles. The standard InChI is InChI=1S/C19H31N3O2.HI/c1-5-20-18(21-13-17-10-7-11-24-17)22-14-19(2,3)15-8-6-9-16(12-15)23-4;/h6,8-9,12,17H,5,7,10-11,13-14H2,1-4H3,(H2,20,21,22);1H. The maximum atomic E-state index is 5.66. The van der Waals surface area contributed by atoms with Crippen LogP contribution in [0.3, 0.4) is 0 Å². The van der Waals surface area contributed by atoms with Crippen LogP contribution < -0.4 is 15.4 Å². The summed E-state index contributed by atoms with van der Waals surface area (Å²) in [4.78, 5) is 4.78. The maximum Gasteiger partial charge on any atom is 0.191 e. The lowest BCUT2D eigenvalue weighted by molar-refractivity contribution is 0.114. The molecule has 2 N–H and O–H groups in total. The lowest BCUT2D eigenvalue weighted by Gasteiger charge is -2.24. The summed E-state index contributed by atoms with van der Waals surface area (Å²) in [5, 5.41) is 6.71. The number of hydrogen-bond acceptors (Lipinski definition) is 3. The van der Waals surface area contributed by atoms with E-state index in [0.717, 1.165) is 44.2 Å². The predicted molar refractivity (Wildman–Crippen MR) is 114 cm³/mol. The summed E-state index contributed by atoms with van der Waals surface area (Å²) in [7, 11) is 1.70. The van der Waals surface area contributed by atoms with E-state index in [1.54, 1.807) is 7.11 Å². The second-order valence-corrected chi connectivity index (χ2v) is 6.83. The zero-order valence-electron chi connectivity index (χ0n) is 15.8. The van der Waals surface area contributed by atoms with Crippen molar-refractivity contribution in [2.24, 2.45) is 4.99 Å². The number of nitrogens with one attached hydrogen (secondary N) is 2. The van der Waals surface area contributed by atoms with Crippen molar-refractivity contribution in [3.63, 3.8) is 0 Å². The molecule has 1 atom stereocenters. The first-order valence-corrected chi connectivity index (χ1v) is 8.83. The van der Waals surface area contributed by atoms with Crippen LogP contribution in [0.4, 0.5) is 0 Å². The van der Waals surface area contributed by atoms with E-state index in [0.29, 0.717) is 12.6 Å².